The van der Waals surface area contributed by atoms with Gasteiger partial charge >= 0.3 is 0 Å². The van der Waals surface area contributed by atoms with Gasteiger partial charge in [0.05, 0.1) is 5.56 Å². The highest BCUT2D eigenvalue weighted by atomic mass is 19.1. The van der Waals surface area contributed by atoms with Crippen molar-refractivity contribution in [2.45, 2.75) is 6.54 Å². The highest BCUT2D eigenvalue weighted by Gasteiger charge is 2.26. The summed E-state index contributed by atoms with van der Waals surface area (Å²) >= 11 is 0. The van der Waals surface area contributed by atoms with Crippen molar-refractivity contribution in [2.75, 3.05) is 25.0 Å². The lowest BCUT2D eigenvalue weighted by Gasteiger charge is -2.21. The van der Waals surface area contributed by atoms with E-state index in [1.54, 1.807) is 35.2 Å². The van der Waals surface area contributed by atoms with Crippen LogP contribution in [0.25, 0.3) is 11.3 Å². The van der Waals surface area contributed by atoms with E-state index in [4.69, 9.17) is 4.42 Å². The summed E-state index contributed by atoms with van der Waals surface area (Å²) in [6, 6.07) is 17.5. The van der Waals surface area contributed by atoms with Gasteiger partial charge in [-0.2, -0.15) is 0 Å². The van der Waals surface area contributed by atoms with Gasteiger partial charge in [-0.05, 0) is 42.9 Å². The van der Waals surface area contributed by atoms with Crippen molar-refractivity contribution in [1.82, 2.24) is 4.90 Å². The van der Waals surface area contributed by atoms with Gasteiger partial charge in [0.25, 0.3) is 5.91 Å². The molecule has 2 aromatic carbocycles. The summed E-state index contributed by atoms with van der Waals surface area (Å²) in [6.07, 6.45) is 0. The Balaban J connectivity index is 1.67. The maximum absolute atomic E-state index is 14.0. The van der Waals surface area contributed by atoms with E-state index in [1.165, 1.54) is 6.07 Å². The van der Waals surface area contributed by atoms with E-state index in [2.05, 4.69) is 4.90 Å². The van der Waals surface area contributed by atoms with Gasteiger partial charge in [-0.25, -0.2) is 4.39 Å². The van der Waals surface area contributed by atoms with E-state index in [0.29, 0.717) is 17.9 Å². The lowest BCUT2D eigenvalue weighted by Crippen LogP contribution is -2.34. The number of likely N-dealkylation sites (N-methyl/N-ethyl adjacent to an activating group) is 1. The molecule has 4 rings (SSSR count). The van der Waals surface area contributed by atoms with Crippen LogP contribution in [0.2, 0.25) is 0 Å². The molecule has 0 aliphatic carbocycles. The van der Waals surface area contributed by atoms with Crippen LogP contribution in [0.4, 0.5) is 10.1 Å². The zero-order chi connectivity index (χ0) is 18.1. The maximum atomic E-state index is 14.0. The fourth-order valence-electron chi connectivity index (χ4n) is 3.27. The molecule has 5 heteroatoms. The van der Waals surface area contributed by atoms with Gasteiger partial charge in [0.2, 0.25) is 0 Å². The molecule has 0 atom stereocenters. The van der Waals surface area contributed by atoms with Crippen LogP contribution in [0.5, 0.6) is 0 Å². The first-order valence-corrected chi connectivity index (χ1v) is 8.56. The van der Waals surface area contributed by atoms with Crippen LogP contribution in [0.15, 0.2) is 65.1 Å². The Morgan fingerprint density at radius 2 is 1.77 bits per heavy atom. The number of hydrogen-bond acceptors (Lipinski definition) is 3. The molecule has 1 aliphatic heterocycles. The van der Waals surface area contributed by atoms with Crippen molar-refractivity contribution < 1.29 is 13.6 Å². The predicted octanol–water partition coefficient (Wildman–Crippen LogP) is 4.18. The number of benzene rings is 2. The van der Waals surface area contributed by atoms with Crippen LogP contribution in [-0.2, 0) is 6.54 Å². The highest BCUT2D eigenvalue weighted by molar-refractivity contribution is 6.05. The molecule has 3 aromatic rings. The zero-order valence-electron chi connectivity index (χ0n) is 14.5. The number of nitrogens with zero attached hydrogens (tertiary/aromatic N) is 2. The van der Waals surface area contributed by atoms with Gasteiger partial charge in [-0.15, -0.1) is 0 Å². The van der Waals surface area contributed by atoms with Crippen molar-refractivity contribution in [1.29, 1.82) is 0 Å². The summed E-state index contributed by atoms with van der Waals surface area (Å²) in [7, 11) is 2.04. The number of para-hydroxylation sites is 1. The molecule has 2 heterocycles. The summed E-state index contributed by atoms with van der Waals surface area (Å²) in [5.74, 6) is -0.0211. The number of rotatable bonds is 2. The van der Waals surface area contributed by atoms with Crippen molar-refractivity contribution in [3.8, 4) is 11.3 Å². The van der Waals surface area contributed by atoms with E-state index >= 15 is 0 Å². The number of carbonyl (C=O) groups is 1. The minimum Gasteiger partial charge on any atom is -0.451 e. The molecule has 0 unspecified atom stereocenters. The topological polar surface area (TPSA) is 36.7 Å². The third-order valence-electron chi connectivity index (χ3n) is 4.63. The molecule has 1 amide bonds. The van der Waals surface area contributed by atoms with Gasteiger partial charge in [0, 0.05) is 25.3 Å². The molecular weight excluding hydrogens is 331 g/mol. The number of hydrogen-bond donors (Lipinski definition) is 0. The quantitative estimate of drug-likeness (QED) is 0.696. The van der Waals surface area contributed by atoms with Crippen LogP contribution in [0.3, 0.4) is 0 Å². The minimum absolute atomic E-state index is 0.211. The van der Waals surface area contributed by atoms with Crippen LogP contribution in [0.1, 0.15) is 16.1 Å². The predicted molar refractivity (Wildman–Crippen MR) is 98.6 cm³/mol. The summed E-state index contributed by atoms with van der Waals surface area (Å²) in [6.45, 7) is 2.13. The maximum Gasteiger partial charge on any atom is 0.294 e. The smallest absolute Gasteiger partial charge is 0.294 e. The van der Waals surface area contributed by atoms with E-state index in [-0.39, 0.29) is 17.5 Å². The van der Waals surface area contributed by atoms with Crippen molar-refractivity contribution >= 4 is 11.6 Å². The molecule has 0 bridgehead atoms. The van der Waals surface area contributed by atoms with E-state index in [0.717, 1.165) is 24.3 Å². The molecule has 1 aromatic heterocycles. The van der Waals surface area contributed by atoms with E-state index in [9.17, 15) is 9.18 Å². The minimum atomic E-state index is -0.373. The first-order valence-electron chi connectivity index (χ1n) is 8.56. The Labute approximate surface area is 151 Å². The van der Waals surface area contributed by atoms with Crippen LogP contribution >= 0.6 is 0 Å². The first-order chi connectivity index (χ1) is 12.6. The molecule has 0 saturated heterocycles. The third-order valence-corrected chi connectivity index (χ3v) is 4.63. The number of fused-ring (bicyclic) bond motifs is 1. The fraction of sp³-hybridized carbons (Fsp3) is 0.190. The monoisotopic (exact) mass is 350 g/mol. The molecule has 26 heavy (non-hydrogen) atoms. The molecule has 0 radical (unpaired) electrons. The van der Waals surface area contributed by atoms with Gasteiger partial charge in [-0.3, -0.25) is 4.79 Å². The van der Waals surface area contributed by atoms with Crippen LogP contribution < -0.4 is 4.90 Å². The van der Waals surface area contributed by atoms with Crippen LogP contribution in [-0.4, -0.2) is 30.9 Å². The Morgan fingerprint density at radius 3 is 2.62 bits per heavy atom. The Hall–Kier alpha value is -2.92. The fourth-order valence-corrected chi connectivity index (χ4v) is 3.27. The lowest BCUT2D eigenvalue weighted by molar-refractivity contribution is 0.0960. The number of furan rings is 1. The summed E-state index contributed by atoms with van der Waals surface area (Å²) in [5, 5.41) is 0. The molecule has 132 valence electrons. The van der Waals surface area contributed by atoms with Crippen molar-refractivity contribution in [3.05, 3.63) is 77.8 Å². The number of halogens is 1. The SMILES string of the molecule is CN1CCN(C(=O)c2ccc(-c3ccccc3F)o2)c2ccccc2C1. The Bertz CT molecular complexity index is 950. The number of amides is 1. The van der Waals surface area contributed by atoms with Gasteiger partial charge in [0.1, 0.15) is 11.6 Å². The second kappa shape index (κ2) is 6.77. The van der Waals surface area contributed by atoms with Crippen LogP contribution in [0, 0.1) is 5.82 Å². The molecule has 0 spiro atoms. The van der Waals surface area contributed by atoms with E-state index in [1.807, 2.05) is 31.3 Å². The van der Waals surface area contributed by atoms with E-state index < -0.39 is 0 Å². The molecule has 0 fully saturated rings. The molecule has 4 nitrogen and oxygen atoms in total. The number of anilines is 1. The summed E-state index contributed by atoms with van der Waals surface area (Å²) < 4.78 is 19.7. The summed E-state index contributed by atoms with van der Waals surface area (Å²) in [5.41, 5.74) is 2.34. The molecule has 0 saturated carbocycles. The molecule has 1 aliphatic rings. The average Bonchev–Trinajstić information content (AvgIpc) is 3.06. The lowest BCUT2D eigenvalue weighted by atomic mass is 10.1. The van der Waals surface area contributed by atoms with Crippen molar-refractivity contribution in [3.63, 3.8) is 0 Å². The highest BCUT2D eigenvalue weighted by Crippen LogP contribution is 2.29. The zero-order valence-corrected chi connectivity index (χ0v) is 14.5. The van der Waals surface area contributed by atoms with Gasteiger partial charge in [-0.1, -0.05) is 30.3 Å². The summed E-state index contributed by atoms with van der Waals surface area (Å²) in [4.78, 5) is 17.0. The standard InChI is InChI=1S/C21H19FN2O2/c1-23-12-13-24(18-9-5-2-6-15(18)14-23)21(25)20-11-10-19(26-20)16-7-3-4-8-17(16)22/h2-11H,12-14H2,1H3. The van der Waals surface area contributed by atoms with Gasteiger partial charge < -0.3 is 14.2 Å². The second-order valence-electron chi connectivity index (χ2n) is 6.47. The van der Waals surface area contributed by atoms with Gasteiger partial charge in [0.15, 0.2) is 5.76 Å². The van der Waals surface area contributed by atoms with Crippen molar-refractivity contribution in [2.24, 2.45) is 0 Å². The second-order valence-corrected chi connectivity index (χ2v) is 6.47. The normalized spacial score (nSPS) is 14.8. The molecule has 0 N–H and O–H groups in total. The first kappa shape index (κ1) is 16.5. The Kier molecular flexibility index (Phi) is 4.31. The molecular formula is C21H19FN2O2. The Morgan fingerprint density at radius 1 is 1.00 bits per heavy atom. The third kappa shape index (κ3) is 3.02. The average molecular weight is 350 g/mol. The largest absolute Gasteiger partial charge is 0.451 e. The number of carbonyl (C=O) groups excluding carboxylic acids is 1.